The summed E-state index contributed by atoms with van der Waals surface area (Å²) in [6.45, 7) is 3.29. The van der Waals surface area contributed by atoms with Gasteiger partial charge in [0, 0.05) is 5.57 Å². The lowest BCUT2D eigenvalue weighted by Crippen LogP contribution is -2.75. The van der Waals surface area contributed by atoms with Crippen LogP contribution in [0, 0.1) is 0 Å². The van der Waals surface area contributed by atoms with Gasteiger partial charge < -0.3 is 4.84 Å². The number of halogens is 17. The van der Waals surface area contributed by atoms with Gasteiger partial charge in [0.15, 0.2) is 0 Å². The summed E-state index contributed by atoms with van der Waals surface area (Å²) < 4.78 is 244. The number of nitrogens with one attached hydrogen (secondary N) is 1. The minimum absolute atomic E-state index is 0.328. The maximum Gasteiger partial charge on any atom is 0.460 e. The molecule has 0 aliphatic heterocycles. The molecule has 1 N–H and O–H groups in total. The Bertz CT molecular complexity index is 953. The van der Waals surface area contributed by atoms with Crippen molar-refractivity contribution >= 4 is 16.0 Å². The summed E-state index contributed by atoms with van der Waals surface area (Å²) in [5.74, 6) is -54.4. The highest BCUT2D eigenvalue weighted by Gasteiger charge is 2.96. The molecule has 0 saturated carbocycles. The van der Waals surface area contributed by atoms with E-state index in [1.165, 1.54) is 0 Å². The summed E-state index contributed by atoms with van der Waals surface area (Å²) >= 11 is 0. The summed E-state index contributed by atoms with van der Waals surface area (Å²) in [6, 6.07) is 0. The largest absolute Gasteiger partial charge is 0.460 e. The van der Waals surface area contributed by atoms with Gasteiger partial charge in [-0.2, -0.15) is 74.6 Å². The Kier molecular flexibility index (Phi) is 8.00. The van der Waals surface area contributed by atoms with Gasteiger partial charge in [-0.15, -0.1) is 0 Å². The van der Waals surface area contributed by atoms with Gasteiger partial charge in [0.25, 0.3) is 0 Å². The van der Waals surface area contributed by atoms with Crippen molar-refractivity contribution in [1.82, 2.24) is 4.89 Å². The van der Waals surface area contributed by atoms with E-state index in [4.69, 9.17) is 0 Å². The van der Waals surface area contributed by atoms with Crippen LogP contribution in [0.5, 0.6) is 0 Å². The van der Waals surface area contributed by atoms with Crippen LogP contribution < -0.4 is 4.89 Å². The van der Waals surface area contributed by atoms with Crippen LogP contribution in [-0.4, -0.2) is 61.4 Å². The second kappa shape index (κ2) is 8.50. The zero-order chi connectivity index (χ0) is 29.1. The molecule has 0 spiro atoms. The number of alkyl halides is 17. The molecule has 0 saturated heterocycles. The van der Waals surface area contributed by atoms with E-state index < -0.39 is 68.5 Å². The lowest BCUT2D eigenvalue weighted by atomic mass is 9.91. The molecular weight excluding hydrogens is 577 g/mol. The van der Waals surface area contributed by atoms with Crippen molar-refractivity contribution in [2.75, 3.05) is 0 Å². The van der Waals surface area contributed by atoms with Crippen LogP contribution >= 0.6 is 0 Å². The predicted octanol–water partition coefficient (Wildman–Crippen LogP) is 4.91. The van der Waals surface area contributed by atoms with Crippen LogP contribution in [0.3, 0.4) is 0 Å². The van der Waals surface area contributed by atoms with Crippen molar-refractivity contribution in [1.29, 1.82) is 0 Å². The number of sulfonamides is 1. The first-order valence-corrected chi connectivity index (χ1v) is 8.90. The summed E-state index contributed by atoms with van der Waals surface area (Å²) in [4.78, 5) is 13.7. The Morgan fingerprint density at radius 3 is 1.20 bits per heavy atom. The molecule has 0 unspecified atom stereocenters. The van der Waals surface area contributed by atoms with E-state index in [0.717, 1.165) is 0 Å². The zero-order valence-electron chi connectivity index (χ0n) is 15.7. The standard InChI is InChI=1S/C12H6F17NO4S/c1-3(2)4(31)34-30-35(32,33)12(28,29)10(23,24)8(19,20)6(15,16)5(13,14)7(17,18)9(21,22)11(25,26)27/h30H,1H2,2H3. The van der Waals surface area contributed by atoms with Gasteiger partial charge in [-0.25, -0.2) is 13.2 Å². The summed E-state index contributed by atoms with van der Waals surface area (Å²) in [7, 11) is -7.71. The monoisotopic (exact) mass is 583 g/mol. The molecule has 23 heteroatoms. The van der Waals surface area contributed by atoms with E-state index in [-0.39, 0.29) is 4.89 Å². The van der Waals surface area contributed by atoms with E-state index in [9.17, 15) is 87.8 Å². The molecule has 0 atom stereocenters. The second-order valence-corrected chi connectivity index (χ2v) is 7.90. The lowest BCUT2D eigenvalue weighted by molar-refractivity contribution is -0.458. The van der Waals surface area contributed by atoms with E-state index in [1.54, 1.807) is 0 Å². The average Bonchev–Trinajstić information content (AvgIpc) is 2.63. The molecule has 0 heterocycles. The first-order chi connectivity index (χ1) is 14.8. The van der Waals surface area contributed by atoms with Crippen LogP contribution in [0.15, 0.2) is 12.2 Å². The molecule has 0 bridgehead atoms. The maximum absolute atomic E-state index is 13.6. The quantitative estimate of drug-likeness (QED) is 0.226. The van der Waals surface area contributed by atoms with Crippen LogP contribution in [0.1, 0.15) is 6.92 Å². The number of carbonyl (C=O) groups excluding carboxylic acids is 1. The molecule has 0 aromatic rings. The predicted molar refractivity (Wildman–Crippen MR) is 73.6 cm³/mol. The fourth-order valence-electron chi connectivity index (χ4n) is 1.55. The zero-order valence-corrected chi connectivity index (χ0v) is 16.5. The smallest absolute Gasteiger partial charge is 0.351 e. The minimum Gasteiger partial charge on any atom is -0.351 e. The minimum atomic E-state index is -8.95. The van der Waals surface area contributed by atoms with Crippen LogP contribution in [-0.2, 0) is 19.7 Å². The molecule has 0 amide bonds. The van der Waals surface area contributed by atoms with Crippen molar-refractivity contribution < 1.29 is 92.7 Å². The fourth-order valence-corrected chi connectivity index (χ4v) is 2.31. The van der Waals surface area contributed by atoms with Crippen LogP contribution in [0.4, 0.5) is 74.6 Å². The highest BCUT2D eigenvalue weighted by Crippen LogP contribution is 2.64. The van der Waals surface area contributed by atoms with Gasteiger partial charge in [0.2, 0.25) is 0 Å². The summed E-state index contributed by atoms with van der Waals surface area (Å²) in [6.07, 6.45) is -7.92. The highest BCUT2D eigenvalue weighted by molar-refractivity contribution is 7.90. The number of carbonyl (C=O) groups is 1. The van der Waals surface area contributed by atoms with Crippen molar-refractivity contribution in [2.45, 2.75) is 53.9 Å². The molecule has 0 aromatic carbocycles. The molecule has 0 aromatic heterocycles. The Morgan fingerprint density at radius 2 is 0.914 bits per heavy atom. The molecule has 0 rings (SSSR count). The van der Waals surface area contributed by atoms with Gasteiger partial charge in [-0.3, -0.25) is 0 Å². The first-order valence-electron chi connectivity index (χ1n) is 7.42. The Morgan fingerprint density at radius 1 is 0.629 bits per heavy atom. The molecule has 208 valence electrons. The van der Waals surface area contributed by atoms with Crippen molar-refractivity contribution in [3.63, 3.8) is 0 Å². The average molecular weight is 583 g/mol. The van der Waals surface area contributed by atoms with E-state index >= 15 is 0 Å². The molecule has 0 aliphatic carbocycles. The maximum atomic E-state index is 13.6. The summed E-state index contributed by atoms with van der Waals surface area (Å²) in [5, 5.41) is -7.83. The molecule has 0 fully saturated rings. The highest BCUT2D eigenvalue weighted by atomic mass is 32.2. The Balaban J connectivity index is 6.80. The van der Waals surface area contributed by atoms with E-state index in [0.29, 0.717) is 6.92 Å². The third kappa shape index (κ3) is 4.48. The SMILES string of the molecule is C=C(C)C(=O)ONS(=O)(=O)C(F)(F)C(F)(F)C(F)(F)C(F)(F)C(F)(F)C(F)(F)C(F)(F)C(F)(F)F. The molecular formula is C12H6F17NO4S. The van der Waals surface area contributed by atoms with E-state index in [2.05, 4.69) is 11.4 Å². The van der Waals surface area contributed by atoms with Crippen molar-refractivity contribution in [3.8, 4) is 0 Å². The number of rotatable bonds is 10. The second-order valence-electron chi connectivity index (χ2n) is 6.22. The van der Waals surface area contributed by atoms with Gasteiger partial charge in [0.1, 0.15) is 0 Å². The van der Waals surface area contributed by atoms with Crippen LogP contribution in [0.25, 0.3) is 0 Å². The molecule has 0 aliphatic rings. The van der Waals surface area contributed by atoms with Gasteiger partial charge in [-0.05, 0) is 11.8 Å². The van der Waals surface area contributed by atoms with Gasteiger partial charge in [0.05, 0.1) is 0 Å². The Hall–Kier alpha value is -2.07. The first kappa shape index (κ1) is 32.9. The van der Waals surface area contributed by atoms with E-state index in [1.807, 2.05) is 0 Å². The third-order valence-electron chi connectivity index (χ3n) is 3.62. The fraction of sp³-hybridized carbons (Fsp3) is 0.750. The van der Waals surface area contributed by atoms with Crippen LogP contribution in [0.2, 0.25) is 0 Å². The topological polar surface area (TPSA) is 72.5 Å². The molecule has 35 heavy (non-hydrogen) atoms. The number of hydrogen-bond donors (Lipinski definition) is 1. The number of hydrogen-bond acceptors (Lipinski definition) is 4. The van der Waals surface area contributed by atoms with Gasteiger partial charge in [-0.1, -0.05) is 6.58 Å². The Labute approximate surface area is 180 Å². The molecule has 5 nitrogen and oxygen atoms in total. The normalized spacial score (nSPS) is 15.7. The van der Waals surface area contributed by atoms with Crippen molar-refractivity contribution in [3.05, 3.63) is 12.2 Å². The summed E-state index contributed by atoms with van der Waals surface area (Å²) in [5.41, 5.74) is -0.924. The van der Waals surface area contributed by atoms with Gasteiger partial charge >= 0.3 is 63.0 Å². The molecule has 0 radical (unpaired) electrons. The third-order valence-corrected chi connectivity index (χ3v) is 4.86. The lowest BCUT2D eigenvalue weighted by Gasteiger charge is -2.42. The van der Waals surface area contributed by atoms with Crippen molar-refractivity contribution in [2.24, 2.45) is 0 Å².